The molecule has 4 rings (SSSR count). The van der Waals surface area contributed by atoms with E-state index in [-0.39, 0.29) is 0 Å². The standard InChI is InChI=1S/C19H21ClNO/c1-21-9-7-13-5-3-4-6-15(13)19(21)16-12-18(22-2)17(20)11-14(16)8-10-21/h3-6,11-12,19H,7-10H2,1-2H3/q+1. The van der Waals surface area contributed by atoms with Gasteiger partial charge in [-0.2, -0.15) is 0 Å². The molecule has 2 atom stereocenters. The molecule has 0 saturated heterocycles. The molecule has 0 spiro atoms. The molecule has 3 heteroatoms. The van der Waals surface area contributed by atoms with E-state index >= 15 is 0 Å². The summed E-state index contributed by atoms with van der Waals surface area (Å²) in [6.07, 6.45) is 2.26. The van der Waals surface area contributed by atoms with Gasteiger partial charge in [-0.1, -0.05) is 35.9 Å². The van der Waals surface area contributed by atoms with Crippen LogP contribution in [0, 0.1) is 0 Å². The molecule has 2 aliphatic heterocycles. The minimum atomic E-state index is 0.403. The largest absolute Gasteiger partial charge is 0.495 e. The van der Waals surface area contributed by atoms with Crippen molar-refractivity contribution < 1.29 is 9.22 Å². The first kappa shape index (κ1) is 14.1. The van der Waals surface area contributed by atoms with E-state index < -0.39 is 0 Å². The summed E-state index contributed by atoms with van der Waals surface area (Å²) in [6.45, 7) is 2.38. The van der Waals surface area contributed by atoms with Gasteiger partial charge in [-0.25, -0.2) is 0 Å². The molecule has 2 nitrogen and oxygen atoms in total. The third-order valence-corrected chi connectivity index (χ3v) is 5.76. The number of halogens is 1. The summed E-state index contributed by atoms with van der Waals surface area (Å²) in [7, 11) is 4.09. The SMILES string of the molecule is COc1cc2c(cc1Cl)CC[N+]1(C)CCc3ccccc3C21. The Bertz CT molecular complexity index is 742. The highest BCUT2D eigenvalue weighted by molar-refractivity contribution is 6.32. The van der Waals surface area contributed by atoms with Crippen molar-refractivity contribution in [1.82, 2.24) is 0 Å². The topological polar surface area (TPSA) is 9.23 Å². The highest BCUT2D eigenvalue weighted by Gasteiger charge is 2.43. The fourth-order valence-corrected chi connectivity index (χ4v) is 4.49. The van der Waals surface area contributed by atoms with Crippen molar-refractivity contribution in [3.63, 3.8) is 0 Å². The molecular weight excluding hydrogens is 294 g/mol. The van der Waals surface area contributed by atoms with E-state index in [1.807, 2.05) is 0 Å². The molecule has 114 valence electrons. The van der Waals surface area contributed by atoms with E-state index in [4.69, 9.17) is 16.3 Å². The molecular formula is C19H21ClNO+. The van der Waals surface area contributed by atoms with Gasteiger partial charge in [-0.15, -0.1) is 0 Å². The Morgan fingerprint density at radius 2 is 1.77 bits per heavy atom. The summed E-state index contributed by atoms with van der Waals surface area (Å²) in [6, 6.07) is 13.6. The summed E-state index contributed by atoms with van der Waals surface area (Å²) in [5, 5.41) is 0.724. The van der Waals surface area contributed by atoms with Crippen LogP contribution in [0.3, 0.4) is 0 Å². The first-order chi connectivity index (χ1) is 10.6. The van der Waals surface area contributed by atoms with Crippen LogP contribution in [0.2, 0.25) is 5.02 Å². The summed E-state index contributed by atoms with van der Waals surface area (Å²) in [5.41, 5.74) is 5.73. The number of likely N-dealkylation sites (N-methyl/N-ethyl adjacent to an activating group) is 1. The lowest BCUT2D eigenvalue weighted by Crippen LogP contribution is -2.54. The van der Waals surface area contributed by atoms with Gasteiger partial charge in [0, 0.05) is 24.0 Å². The number of quaternary nitrogens is 1. The fourth-order valence-electron chi connectivity index (χ4n) is 4.23. The molecule has 0 bridgehead atoms. The van der Waals surface area contributed by atoms with Gasteiger partial charge in [-0.05, 0) is 23.3 Å². The van der Waals surface area contributed by atoms with Gasteiger partial charge >= 0.3 is 0 Å². The van der Waals surface area contributed by atoms with Crippen molar-refractivity contribution in [2.24, 2.45) is 0 Å². The van der Waals surface area contributed by atoms with E-state index in [0.717, 1.165) is 21.7 Å². The minimum Gasteiger partial charge on any atom is -0.495 e. The van der Waals surface area contributed by atoms with E-state index in [1.54, 1.807) is 7.11 Å². The molecule has 2 aromatic rings. The Morgan fingerprint density at radius 1 is 1.05 bits per heavy atom. The Labute approximate surface area is 136 Å². The number of methoxy groups -OCH3 is 1. The average Bonchev–Trinajstić information content (AvgIpc) is 2.53. The van der Waals surface area contributed by atoms with Crippen LogP contribution >= 0.6 is 11.6 Å². The first-order valence-electron chi connectivity index (χ1n) is 7.91. The lowest BCUT2D eigenvalue weighted by atomic mass is 9.81. The van der Waals surface area contributed by atoms with Crippen LogP contribution in [0.15, 0.2) is 36.4 Å². The molecule has 0 fully saturated rings. The summed E-state index contributed by atoms with van der Waals surface area (Å²) >= 11 is 6.34. The number of ether oxygens (including phenoxy) is 1. The third kappa shape index (κ3) is 1.98. The van der Waals surface area contributed by atoms with E-state index in [0.29, 0.717) is 6.04 Å². The van der Waals surface area contributed by atoms with Gasteiger partial charge in [0.2, 0.25) is 0 Å². The smallest absolute Gasteiger partial charge is 0.141 e. The van der Waals surface area contributed by atoms with Crippen molar-refractivity contribution in [2.45, 2.75) is 18.9 Å². The lowest BCUT2D eigenvalue weighted by Gasteiger charge is -2.49. The molecule has 2 aliphatic rings. The molecule has 0 saturated carbocycles. The highest BCUT2D eigenvalue weighted by Crippen LogP contribution is 2.46. The van der Waals surface area contributed by atoms with Crippen LogP contribution in [-0.4, -0.2) is 31.7 Å². The fraction of sp³-hybridized carbons (Fsp3) is 0.368. The van der Waals surface area contributed by atoms with Crippen molar-refractivity contribution in [2.75, 3.05) is 27.2 Å². The minimum absolute atomic E-state index is 0.403. The van der Waals surface area contributed by atoms with Crippen molar-refractivity contribution in [3.05, 3.63) is 63.7 Å². The summed E-state index contributed by atoms with van der Waals surface area (Å²) < 4.78 is 6.56. The monoisotopic (exact) mass is 314 g/mol. The first-order valence-corrected chi connectivity index (χ1v) is 8.28. The second kappa shape index (κ2) is 5.00. The highest BCUT2D eigenvalue weighted by atomic mass is 35.5. The Kier molecular flexibility index (Phi) is 3.21. The van der Waals surface area contributed by atoms with Gasteiger partial charge in [0.15, 0.2) is 0 Å². The molecule has 2 unspecified atom stereocenters. The number of benzene rings is 2. The van der Waals surface area contributed by atoms with E-state index in [2.05, 4.69) is 43.4 Å². The van der Waals surface area contributed by atoms with Gasteiger partial charge in [0.25, 0.3) is 0 Å². The van der Waals surface area contributed by atoms with Gasteiger partial charge < -0.3 is 9.22 Å². The molecule has 0 N–H and O–H groups in total. The summed E-state index contributed by atoms with van der Waals surface area (Å²) in [4.78, 5) is 0. The van der Waals surface area contributed by atoms with Crippen molar-refractivity contribution in [1.29, 1.82) is 0 Å². The second-order valence-electron chi connectivity index (χ2n) is 6.71. The zero-order chi connectivity index (χ0) is 15.3. The molecule has 2 aromatic carbocycles. The van der Waals surface area contributed by atoms with Crippen molar-refractivity contribution >= 4 is 11.6 Å². The van der Waals surface area contributed by atoms with Crippen LogP contribution in [0.5, 0.6) is 5.75 Å². The third-order valence-electron chi connectivity index (χ3n) is 5.47. The quantitative estimate of drug-likeness (QED) is 0.723. The van der Waals surface area contributed by atoms with Gasteiger partial charge in [-0.3, -0.25) is 0 Å². The zero-order valence-corrected chi connectivity index (χ0v) is 13.9. The number of nitrogens with zero attached hydrogens (tertiary/aromatic N) is 1. The predicted molar refractivity (Wildman–Crippen MR) is 89.6 cm³/mol. The van der Waals surface area contributed by atoms with Crippen LogP contribution in [-0.2, 0) is 12.8 Å². The maximum atomic E-state index is 6.34. The van der Waals surface area contributed by atoms with Gasteiger partial charge in [0.05, 0.1) is 32.3 Å². The number of hydrogen-bond acceptors (Lipinski definition) is 1. The predicted octanol–water partition coefficient (Wildman–Crippen LogP) is 4.00. The molecule has 2 heterocycles. The van der Waals surface area contributed by atoms with Crippen molar-refractivity contribution in [3.8, 4) is 5.75 Å². The second-order valence-corrected chi connectivity index (χ2v) is 7.12. The maximum absolute atomic E-state index is 6.34. The van der Waals surface area contributed by atoms with E-state index in [9.17, 15) is 0 Å². The Hall–Kier alpha value is -1.51. The van der Waals surface area contributed by atoms with Crippen LogP contribution in [0.25, 0.3) is 0 Å². The number of fused-ring (bicyclic) bond motifs is 5. The van der Waals surface area contributed by atoms with E-state index in [1.165, 1.54) is 41.8 Å². The maximum Gasteiger partial charge on any atom is 0.141 e. The lowest BCUT2D eigenvalue weighted by molar-refractivity contribution is -0.937. The molecule has 22 heavy (non-hydrogen) atoms. The van der Waals surface area contributed by atoms with Crippen LogP contribution in [0.1, 0.15) is 28.3 Å². The molecule has 0 aromatic heterocycles. The molecule has 0 radical (unpaired) electrons. The average molecular weight is 315 g/mol. The number of rotatable bonds is 1. The Morgan fingerprint density at radius 3 is 2.55 bits per heavy atom. The molecule has 0 amide bonds. The van der Waals surface area contributed by atoms with Gasteiger partial charge in [0.1, 0.15) is 11.8 Å². The molecule has 0 aliphatic carbocycles. The summed E-state index contributed by atoms with van der Waals surface area (Å²) in [5.74, 6) is 0.789. The normalized spacial score (nSPS) is 25.9. The number of hydrogen-bond donors (Lipinski definition) is 0. The van der Waals surface area contributed by atoms with Crippen LogP contribution < -0.4 is 4.74 Å². The Balaban J connectivity index is 1.95. The zero-order valence-electron chi connectivity index (χ0n) is 13.1. The van der Waals surface area contributed by atoms with Crippen LogP contribution in [0.4, 0.5) is 0 Å².